The van der Waals surface area contributed by atoms with E-state index < -0.39 is 0 Å². The van der Waals surface area contributed by atoms with Crippen molar-refractivity contribution in [2.24, 2.45) is 17.6 Å². The van der Waals surface area contributed by atoms with Gasteiger partial charge in [-0.25, -0.2) is 0 Å². The normalized spacial score (nSPS) is 27.1. The Labute approximate surface area is 96.7 Å². The van der Waals surface area contributed by atoms with Crippen molar-refractivity contribution in [1.29, 1.82) is 0 Å². The molecule has 0 aromatic carbocycles. The minimum atomic E-state index is -0.224. The number of methoxy groups -OCH3 is 1. The van der Waals surface area contributed by atoms with Crippen LogP contribution in [0, 0.1) is 11.8 Å². The van der Waals surface area contributed by atoms with Crippen molar-refractivity contribution < 1.29 is 14.3 Å². The number of nitrogens with two attached hydrogens (primary N) is 1. The van der Waals surface area contributed by atoms with E-state index >= 15 is 0 Å². The Kier molecular flexibility index (Phi) is 5.18. The van der Waals surface area contributed by atoms with Crippen LogP contribution < -0.4 is 11.1 Å². The van der Waals surface area contributed by atoms with Crippen LogP contribution >= 0.6 is 0 Å². The van der Waals surface area contributed by atoms with E-state index in [1.54, 1.807) is 7.11 Å². The maximum absolute atomic E-state index is 11.9. The summed E-state index contributed by atoms with van der Waals surface area (Å²) in [5, 5.41) is 2.97. The van der Waals surface area contributed by atoms with Gasteiger partial charge in [0.05, 0.1) is 31.8 Å². The van der Waals surface area contributed by atoms with Gasteiger partial charge in [0.15, 0.2) is 0 Å². The van der Waals surface area contributed by atoms with Crippen LogP contribution in [-0.4, -0.2) is 44.9 Å². The molecular formula is C11H22N2O3. The molecule has 0 aromatic rings. The Bertz CT molecular complexity index is 233. The van der Waals surface area contributed by atoms with Crippen molar-refractivity contribution >= 4 is 5.91 Å². The number of hydrogen-bond donors (Lipinski definition) is 2. The van der Waals surface area contributed by atoms with Crippen LogP contribution in [0.15, 0.2) is 0 Å². The third-order valence-electron chi connectivity index (χ3n) is 2.94. The smallest absolute Gasteiger partial charge is 0.227 e. The minimum Gasteiger partial charge on any atom is -0.383 e. The van der Waals surface area contributed by atoms with E-state index in [2.05, 4.69) is 19.2 Å². The first-order valence-corrected chi connectivity index (χ1v) is 5.69. The van der Waals surface area contributed by atoms with Crippen LogP contribution in [0.3, 0.4) is 0 Å². The summed E-state index contributed by atoms with van der Waals surface area (Å²) in [7, 11) is 1.63. The molecule has 5 nitrogen and oxygen atoms in total. The second-order valence-corrected chi connectivity index (χ2v) is 4.62. The lowest BCUT2D eigenvalue weighted by Gasteiger charge is -2.24. The summed E-state index contributed by atoms with van der Waals surface area (Å²) in [6.07, 6.45) is 0. The van der Waals surface area contributed by atoms with E-state index in [0.29, 0.717) is 25.7 Å². The molecule has 1 saturated heterocycles. The third-order valence-corrected chi connectivity index (χ3v) is 2.94. The average Bonchev–Trinajstić information content (AvgIpc) is 2.63. The number of amides is 1. The molecule has 3 N–H and O–H groups in total. The lowest BCUT2D eigenvalue weighted by atomic mass is 10.0. The van der Waals surface area contributed by atoms with E-state index in [-0.39, 0.29) is 23.9 Å². The molecule has 1 heterocycles. The Balaban J connectivity index is 2.47. The zero-order valence-electron chi connectivity index (χ0n) is 10.2. The summed E-state index contributed by atoms with van der Waals surface area (Å²) in [6, 6.07) is -0.152. The Hall–Kier alpha value is -0.650. The van der Waals surface area contributed by atoms with Crippen molar-refractivity contribution in [2.45, 2.75) is 25.9 Å². The zero-order chi connectivity index (χ0) is 12.1. The number of carbonyl (C=O) groups is 1. The minimum absolute atomic E-state index is 0.0271. The average molecular weight is 230 g/mol. The van der Waals surface area contributed by atoms with Crippen LogP contribution in [0.4, 0.5) is 0 Å². The lowest BCUT2D eigenvalue weighted by Crippen LogP contribution is -2.48. The van der Waals surface area contributed by atoms with Crippen molar-refractivity contribution in [3.63, 3.8) is 0 Å². The number of rotatable bonds is 5. The van der Waals surface area contributed by atoms with Crippen LogP contribution in [0.25, 0.3) is 0 Å². The zero-order valence-corrected chi connectivity index (χ0v) is 10.2. The maximum Gasteiger partial charge on any atom is 0.227 e. The first-order valence-electron chi connectivity index (χ1n) is 5.69. The van der Waals surface area contributed by atoms with Crippen molar-refractivity contribution in [1.82, 2.24) is 5.32 Å². The molecule has 0 aromatic heterocycles. The van der Waals surface area contributed by atoms with Gasteiger partial charge in [-0.2, -0.15) is 0 Å². The fourth-order valence-electron chi connectivity index (χ4n) is 1.71. The van der Waals surface area contributed by atoms with Gasteiger partial charge in [0.25, 0.3) is 0 Å². The quantitative estimate of drug-likeness (QED) is 0.683. The Morgan fingerprint density at radius 3 is 2.69 bits per heavy atom. The summed E-state index contributed by atoms with van der Waals surface area (Å²) >= 11 is 0. The van der Waals surface area contributed by atoms with E-state index in [1.165, 1.54) is 0 Å². The van der Waals surface area contributed by atoms with E-state index in [0.717, 1.165) is 0 Å². The van der Waals surface area contributed by atoms with Gasteiger partial charge in [0.1, 0.15) is 0 Å². The van der Waals surface area contributed by atoms with Crippen LogP contribution in [0.2, 0.25) is 0 Å². The van der Waals surface area contributed by atoms with Crippen LogP contribution in [-0.2, 0) is 14.3 Å². The summed E-state index contributed by atoms with van der Waals surface area (Å²) in [4.78, 5) is 11.9. The molecule has 5 heteroatoms. The summed E-state index contributed by atoms with van der Waals surface area (Å²) in [5.74, 6) is 0.0845. The van der Waals surface area contributed by atoms with Gasteiger partial charge in [0, 0.05) is 13.2 Å². The molecule has 0 bridgehead atoms. The fraction of sp³-hybridized carbons (Fsp3) is 0.909. The molecular weight excluding hydrogens is 208 g/mol. The van der Waals surface area contributed by atoms with Crippen molar-refractivity contribution in [3.8, 4) is 0 Å². The predicted octanol–water partition coefficient (Wildman–Crippen LogP) is -0.253. The molecule has 1 aliphatic heterocycles. The van der Waals surface area contributed by atoms with Gasteiger partial charge >= 0.3 is 0 Å². The molecule has 0 saturated carbocycles. The molecule has 1 amide bonds. The van der Waals surface area contributed by atoms with Gasteiger partial charge in [-0.05, 0) is 5.92 Å². The van der Waals surface area contributed by atoms with Gasteiger partial charge in [0.2, 0.25) is 5.91 Å². The van der Waals surface area contributed by atoms with E-state index in [1.807, 2.05) is 0 Å². The van der Waals surface area contributed by atoms with Gasteiger partial charge in [-0.15, -0.1) is 0 Å². The number of hydrogen-bond acceptors (Lipinski definition) is 4. The monoisotopic (exact) mass is 230 g/mol. The second kappa shape index (κ2) is 6.18. The Morgan fingerprint density at radius 2 is 2.25 bits per heavy atom. The molecule has 1 aliphatic rings. The standard InChI is InChI=1S/C11H22N2O3/c1-7(2)10(6-15-3)13-11(14)8-4-16-5-9(8)12/h7-10H,4-6,12H2,1-3H3,(H,13,14). The first-order chi connectivity index (χ1) is 7.56. The summed E-state index contributed by atoms with van der Waals surface area (Å²) in [5.41, 5.74) is 5.79. The predicted molar refractivity (Wildman–Crippen MR) is 60.9 cm³/mol. The molecule has 1 fully saturated rings. The Morgan fingerprint density at radius 1 is 1.56 bits per heavy atom. The first kappa shape index (κ1) is 13.4. The summed E-state index contributed by atoms with van der Waals surface area (Å²) in [6.45, 7) is 5.51. The highest BCUT2D eigenvalue weighted by atomic mass is 16.5. The van der Waals surface area contributed by atoms with Gasteiger partial charge < -0.3 is 20.5 Å². The second-order valence-electron chi connectivity index (χ2n) is 4.62. The topological polar surface area (TPSA) is 73.6 Å². The van der Waals surface area contributed by atoms with Gasteiger partial charge in [-0.1, -0.05) is 13.8 Å². The number of nitrogens with one attached hydrogen (secondary N) is 1. The summed E-state index contributed by atoms with van der Waals surface area (Å²) < 4.78 is 10.3. The third kappa shape index (κ3) is 3.43. The number of carbonyl (C=O) groups excluding carboxylic acids is 1. The molecule has 3 atom stereocenters. The highest BCUT2D eigenvalue weighted by Gasteiger charge is 2.32. The lowest BCUT2D eigenvalue weighted by molar-refractivity contribution is -0.126. The van der Waals surface area contributed by atoms with E-state index in [4.69, 9.17) is 15.2 Å². The highest BCUT2D eigenvalue weighted by molar-refractivity contribution is 5.80. The molecule has 3 unspecified atom stereocenters. The molecule has 94 valence electrons. The molecule has 0 radical (unpaired) electrons. The molecule has 1 rings (SSSR count). The van der Waals surface area contributed by atoms with Crippen LogP contribution in [0.1, 0.15) is 13.8 Å². The fourth-order valence-corrected chi connectivity index (χ4v) is 1.71. The number of ether oxygens (including phenoxy) is 2. The highest BCUT2D eigenvalue weighted by Crippen LogP contribution is 2.13. The van der Waals surface area contributed by atoms with E-state index in [9.17, 15) is 4.79 Å². The van der Waals surface area contributed by atoms with Gasteiger partial charge in [-0.3, -0.25) is 4.79 Å². The SMILES string of the molecule is COCC(NC(=O)C1COCC1N)C(C)C. The van der Waals surface area contributed by atoms with Crippen molar-refractivity contribution in [3.05, 3.63) is 0 Å². The maximum atomic E-state index is 11.9. The van der Waals surface area contributed by atoms with Crippen LogP contribution in [0.5, 0.6) is 0 Å². The molecule has 0 aliphatic carbocycles. The molecule has 0 spiro atoms. The molecule has 16 heavy (non-hydrogen) atoms. The largest absolute Gasteiger partial charge is 0.383 e. The van der Waals surface area contributed by atoms with Crippen molar-refractivity contribution in [2.75, 3.05) is 26.9 Å².